The van der Waals surface area contributed by atoms with Crippen LogP contribution < -0.4 is 0 Å². The van der Waals surface area contributed by atoms with E-state index in [1.165, 1.54) is 20.2 Å². The maximum atomic E-state index is 5.43. The monoisotopic (exact) mass is 617 g/mol. The molecule has 0 amide bonds. The third-order valence-corrected chi connectivity index (χ3v) is 10.7. The predicted molar refractivity (Wildman–Crippen MR) is 196 cm³/mol. The molecule has 0 aliphatic heterocycles. The van der Waals surface area contributed by atoms with Crippen LogP contribution >= 0.6 is 11.3 Å². The van der Waals surface area contributed by atoms with Gasteiger partial charge in [0.1, 0.15) is 11.2 Å². The molecule has 0 radical (unpaired) electrons. The van der Waals surface area contributed by atoms with Crippen molar-refractivity contribution in [3.63, 3.8) is 0 Å². The highest BCUT2D eigenvalue weighted by atomic mass is 32.1. The van der Waals surface area contributed by atoms with Crippen molar-refractivity contribution in [2.75, 3.05) is 0 Å². The molecule has 0 fully saturated rings. The smallest absolute Gasteiger partial charge is 0.235 e. The number of aromatic nitrogens is 5. The lowest BCUT2D eigenvalue weighted by Gasteiger charge is -2.13. The molecule has 0 unspecified atom stereocenters. The summed E-state index contributed by atoms with van der Waals surface area (Å²) in [6.45, 7) is 0. The van der Waals surface area contributed by atoms with E-state index in [2.05, 4.69) is 136 Å². The van der Waals surface area contributed by atoms with Crippen LogP contribution in [0.2, 0.25) is 0 Å². The number of rotatable bonds is 2. The number of thiophene rings is 1. The Balaban J connectivity index is 1.36. The van der Waals surface area contributed by atoms with Crippen LogP contribution in [0.25, 0.3) is 97.7 Å². The van der Waals surface area contributed by atoms with Gasteiger partial charge in [0.2, 0.25) is 5.95 Å². The van der Waals surface area contributed by atoms with Crippen molar-refractivity contribution < 1.29 is 0 Å². The molecule has 0 aliphatic rings. The normalized spacial score (nSPS) is 12.3. The Hall–Kier alpha value is -6.11. The second kappa shape index (κ2) is 9.22. The zero-order valence-corrected chi connectivity index (χ0v) is 25.7. The highest BCUT2D eigenvalue weighted by Gasteiger charge is 2.24. The van der Waals surface area contributed by atoms with Gasteiger partial charge in [-0.3, -0.25) is 8.97 Å². The van der Waals surface area contributed by atoms with E-state index >= 15 is 0 Å². The van der Waals surface area contributed by atoms with Crippen LogP contribution in [0.3, 0.4) is 0 Å². The Morgan fingerprint density at radius 3 is 2.04 bits per heavy atom. The summed E-state index contributed by atoms with van der Waals surface area (Å²) >= 11 is 1.82. The summed E-state index contributed by atoms with van der Waals surface area (Å²) in [6.07, 6.45) is 0. The van der Waals surface area contributed by atoms with E-state index in [4.69, 9.17) is 15.0 Å². The molecule has 5 nitrogen and oxygen atoms in total. The first kappa shape index (κ1) is 25.1. The van der Waals surface area contributed by atoms with Crippen molar-refractivity contribution in [2.24, 2.45) is 0 Å². The van der Waals surface area contributed by atoms with E-state index in [-0.39, 0.29) is 0 Å². The largest absolute Gasteiger partial charge is 0.289 e. The van der Waals surface area contributed by atoms with Crippen molar-refractivity contribution in [1.82, 2.24) is 23.9 Å². The van der Waals surface area contributed by atoms with Gasteiger partial charge in [-0.05, 0) is 24.3 Å². The number of benzene rings is 6. The predicted octanol–water partition coefficient (Wildman–Crippen LogP) is 10.7. The second-order valence-corrected chi connectivity index (χ2v) is 13.1. The molecular weight excluding hydrogens is 595 g/mol. The van der Waals surface area contributed by atoms with E-state index in [1.54, 1.807) is 0 Å². The molecule has 218 valence electrons. The maximum Gasteiger partial charge on any atom is 0.235 e. The van der Waals surface area contributed by atoms with Gasteiger partial charge < -0.3 is 0 Å². The molecule has 0 atom stereocenters. The Bertz CT molecular complexity index is 3080. The van der Waals surface area contributed by atoms with Crippen molar-refractivity contribution >= 4 is 91.8 Å². The van der Waals surface area contributed by atoms with Gasteiger partial charge in [0.25, 0.3) is 0 Å². The van der Waals surface area contributed by atoms with Gasteiger partial charge in [-0.25, -0.2) is 15.0 Å². The van der Waals surface area contributed by atoms with Crippen molar-refractivity contribution in [3.05, 3.63) is 140 Å². The lowest BCUT2D eigenvalue weighted by Crippen LogP contribution is -2.04. The first-order chi connectivity index (χ1) is 23.3. The summed E-state index contributed by atoms with van der Waals surface area (Å²) in [5, 5.41) is 6.91. The van der Waals surface area contributed by atoms with Crippen LogP contribution in [-0.4, -0.2) is 23.9 Å². The number of pyridine rings is 1. The SMILES string of the molecule is c1ccc(-c2nc(-n3c4ccccc4c4c3c3ccccc3c3nc5c6sc7ccccc7c6ccc5n34)nc3ccccc23)cc1. The zero-order chi connectivity index (χ0) is 30.6. The second-order valence-electron chi connectivity index (χ2n) is 12.0. The van der Waals surface area contributed by atoms with E-state index < -0.39 is 0 Å². The molecule has 11 rings (SSSR count). The van der Waals surface area contributed by atoms with Crippen molar-refractivity contribution in [3.8, 4) is 17.2 Å². The third kappa shape index (κ3) is 3.34. The summed E-state index contributed by atoms with van der Waals surface area (Å²) < 4.78 is 7.13. The minimum atomic E-state index is 0.648. The molecule has 0 spiro atoms. The Labute approximate surface area is 271 Å². The van der Waals surface area contributed by atoms with Gasteiger partial charge in [-0.2, -0.15) is 0 Å². The number of fused-ring (bicyclic) bond motifs is 15. The molecule has 11 aromatic rings. The third-order valence-electron chi connectivity index (χ3n) is 9.50. The number of hydrogen-bond donors (Lipinski definition) is 0. The minimum absolute atomic E-state index is 0.648. The van der Waals surface area contributed by atoms with Crippen LogP contribution in [0.5, 0.6) is 0 Å². The summed E-state index contributed by atoms with van der Waals surface area (Å²) in [5.41, 5.74) is 9.21. The topological polar surface area (TPSA) is 48.0 Å². The zero-order valence-electron chi connectivity index (χ0n) is 24.9. The highest BCUT2D eigenvalue weighted by Crippen LogP contribution is 2.43. The average Bonchev–Trinajstić information content (AvgIpc) is 3.82. The van der Waals surface area contributed by atoms with Crippen LogP contribution in [0, 0.1) is 0 Å². The van der Waals surface area contributed by atoms with Gasteiger partial charge in [0.15, 0.2) is 0 Å². The lowest BCUT2D eigenvalue weighted by atomic mass is 10.1. The first-order valence-electron chi connectivity index (χ1n) is 15.7. The Morgan fingerprint density at radius 2 is 1.17 bits per heavy atom. The minimum Gasteiger partial charge on any atom is -0.289 e. The molecule has 5 aromatic heterocycles. The molecule has 6 aromatic carbocycles. The fourth-order valence-electron chi connectivity index (χ4n) is 7.50. The quantitative estimate of drug-likeness (QED) is 0.194. The molecule has 5 heterocycles. The molecule has 0 saturated heterocycles. The highest BCUT2D eigenvalue weighted by molar-refractivity contribution is 7.26. The first-order valence-corrected chi connectivity index (χ1v) is 16.5. The molecule has 0 saturated carbocycles. The number of hydrogen-bond acceptors (Lipinski definition) is 4. The molecule has 47 heavy (non-hydrogen) atoms. The van der Waals surface area contributed by atoms with E-state index in [1.807, 2.05) is 23.5 Å². The van der Waals surface area contributed by atoms with Crippen LogP contribution in [0.4, 0.5) is 0 Å². The van der Waals surface area contributed by atoms with Crippen molar-refractivity contribution in [2.45, 2.75) is 0 Å². The van der Waals surface area contributed by atoms with Crippen LogP contribution in [0.1, 0.15) is 0 Å². The molecule has 0 bridgehead atoms. The van der Waals surface area contributed by atoms with E-state index in [0.717, 1.165) is 71.5 Å². The summed E-state index contributed by atoms with van der Waals surface area (Å²) in [7, 11) is 0. The van der Waals surface area contributed by atoms with Gasteiger partial charge in [-0.15, -0.1) is 11.3 Å². The number of nitrogens with zero attached hydrogens (tertiary/aromatic N) is 5. The Morgan fingerprint density at radius 1 is 0.468 bits per heavy atom. The van der Waals surface area contributed by atoms with Crippen LogP contribution in [0.15, 0.2) is 140 Å². The van der Waals surface area contributed by atoms with E-state index in [9.17, 15) is 0 Å². The van der Waals surface area contributed by atoms with Gasteiger partial charge >= 0.3 is 0 Å². The number of imidazole rings is 1. The van der Waals surface area contributed by atoms with Gasteiger partial charge in [0.05, 0.1) is 38.0 Å². The maximum absolute atomic E-state index is 5.43. The van der Waals surface area contributed by atoms with Crippen LogP contribution in [-0.2, 0) is 0 Å². The lowest BCUT2D eigenvalue weighted by molar-refractivity contribution is 1.02. The van der Waals surface area contributed by atoms with Crippen molar-refractivity contribution in [1.29, 1.82) is 0 Å². The molecular formula is C41H23N5S. The van der Waals surface area contributed by atoms with E-state index in [0.29, 0.717) is 5.95 Å². The number of para-hydroxylation sites is 2. The van der Waals surface area contributed by atoms with Gasteiger partial charge in [0, 0.05) is 42.6 Å². The standard InChI is InChI=1S/C41H23N5S/c1-2-12-24(13-3-1)35-29-17-6-9-19-31(29)42-41(44-35)46-32-20-10-7-18-30(32)38-37(46)26-15-4-5-16-28(26)40-43-36-33(45(38)40)23-22-27-25-14-8-11-21-34(25)47-39(27)36/h1-23H. The summed E-state index contributed by atoms with van der Waals surface area (Å²) in [6, 6.07) is 49.1. The average molecular weight is 618 g/mol. The summed E-state index contributed by atoms with van der Waals surface area (Å²) in [5.74, 6) is 0.648. The fraction of sp³-hybridized carbons (Fsp3) is 0. The molecule has 6 heteroatoms. The summed E-state index contributed by atoms with van der Waals surface area (Å²) in [4.78, 5) is 16.0. The molecule has 0 N–H and O–H groups in total. The van der Waals surface area contributed by atoms with Gasteiger partial charge in [-0.1, -0.05) is 115 Å². The molecule has 0 aliphatic carbocycles. The fourth-order valence-corrected chi connectivity index (χ4v) is 8.69. The Kier molecular flexibility index (Phi) is 4.93.